The van der Waals surface area contributed by atoms with E-state index >= 15 is 0 Å². The number of nitrogens with zero attached hydrogens (tertiary/aromatic N) is 5. The van der Waals surface area contributed by atoms with Gasteiger partial charge in [-0.15, -0.1) is 12.4 Å². The van der Waals surface area contributed by atoms with Crippen LogP contribution >= 0.6 is 12.4 Å². The molecule has 32 heavy (non-hydrogen) atoms. The summed E-state index contributed by atoms with van der Waals surface area (Å²) >= 11 is 0. The molecular formula is C22H25ClN6O3. The molecular weight excluding hydrogens is 432 g/mol. The first-order chi connectivity index (χ1) is 15.2. The molecule has 0 bridgehead atoms. The van der Waals surface area contributed by atoms with Crippen LogP contribution in [0.25, 0.3) is 5.95 Å². The van der Waals surface area contributed by atoms with E-state index in [4.69, 9.17) is 14.5 Å². The van der Waals surface area contributed by atoms with Crippen LogP contribution in [0.15, 0.2) is 43.0 Å². The van der Waals surface area contributed by atoms with Crippen molar-refractivity contribution in [2.24, 2.45) is 0 Å². The van der Waals surface area contributed by atoms with Crippen molar-refractivity contribution in [2.45, 2.75) is 32.4 Å². The Kier molecular flexibility index (Phi) is 6.57. The van der Waals surface area contributed by atoms with Crippen LogP contribution in [0.1, 0.15) is 35.8 Å². The van der Waals surface area contributed by atoms with Gasteiger partial charge in [0.1, 0.15) is 6.33 Å². The lowest BCUT2D eigenvalue weighted by Gasteiger charge is -2.25. The summed E-state index contributed by atoms with van der Waals surface area (Å²) in [4.78, 5) is 27.8. The molecule has 0 saturated carbocycles. The van der Waals surface area contributed by atoms with Gasteiger partial charge in [0, 0.05) is 44.1 Å². The number of benzene rings is 1. The number of imidazole rings is 1. The molecule has 1 N–H and O–H groups in total. The monoisotopic (exact) mass is 456 g/mol. The molecule has 9 nitrogen and oxygen atoms in total. The van der Waals surface area contributed by atoms with Gasteiger partial charge in [-0.25, -0.2) is 15.0 Å². The number of ether oxygens (including phenoxy) is 2. The summed E-state index contributed by atoms with van der Waals surface area (Å²) < 4.78 is 12.6. The van der Waals surface area contributed by atoms with Gasteiger partial charge in [-0.1, -0.05) is 6.07 Å². The summed E-state index contributed by atoms with van der Waals surface area (Å²) in [5.41, 5.74) is 2.86. The lowest BCUT2D eigenvalue weighted by Crippen LogP contribution is -2.35. The Balaban J connectivity index is 0.00000245. The van der Waals surface area contributed by atoms with Crippen LogP contribution in [0, 0.1) is 6.92 Å². The highest BCUT2D eigenvalue weighted by Crippen LogP contribution is 2.33. The van der Waals surface area contributed by atoms with Gasteiger partial charge >= 0.3 is 0 Å². The van der Waals surface area contributed by atoms with Gasteiger partial charge in [0.15, 0.2) is 11.5 Å². The zero-order chi connectivity index (χ0) is 21.2. The molecule has 1 saturated heterocycles. The van der Waals surface area contributed by atoms with Gasteiger partial charge in [0.05, 0.1) is 11.7 Å². The smallest absolute Gasteiger partial charge is 0.235 e. The lowest BCUT2D eigenvalue weighted by molar-refractivity contribution is -0.129. The molecule has 1 amide bonds. The van der Waals surface area contributed by atoms with Crippen LogP contribution in [0.5, 0.6) is 11.5 Å². The third-order valence-electron chi connectivity index (χ3n) is 5.56. The molecule has 10 heteroatoms. The summed E-state index contributed by atoms with van der Waals surface area (Å²) in [7, 11) is 0. The fourth-order valence-electron chi connectivity index (χ4n) is 4.05. The Morgan fingerprint density at radius 3 is 2.91 bits per heavy atom. The van der Waals surface area contributed by atoms with E-state index in [-0.39, 0.29) is 31.1 Å². The van der Waals surface area contributed by atoms with Crippen molar-refractivity contribution in [2.75, 3.05) is 19.9 Å². The minimum Gasteiger partial charge on any atom is -0.454 e. The number of rotatable bonds is 7. The first-order valence-electron chi connectivity index (χ1n) is 10.4. The second-order valence-electron chi connectivity index (χ2n) is 7.71. The number of aryl methyl sites for hydroxylation is 1. The van der Waals surface area contributed by atoms with Gasteiger partial charge in [-0.3, -0.25) is 9.36 Å². The second-order valence-corrected chi connectivity index (χ2v) is 7.71. The average Bonchev–Trinajstić information content (AvgIpc) is 3.52. The average molecular weight is 457 g/mol. The number of halogens is 1. The maximum atomic E-state index is 12.6. The number of hydrogen-bond donors (Lipinski definition) is 1. The normalized spacial score (nSPS) is 17.0. The number of likely N-dealkylation sites (tertiary alicyclic amines) is 1. The van der Waals surface area contributed by atoms with Gasteiger partial charge in [-0.2, -0.15) is 0 Å². The van der Waals surface area contributed by atoms with Crippen LogP contribution < -0.4 is 14.8 Å². The predicted octanol–water partition coefficient (Wildman–Crippen LogP) is 2.57. The van der Waals surface area contributed by atoms with E-state index in [9.17, 15) is 4.79 Å². The molecule has 2 aliphatic heterocycles. The summed E-state index contributed by atoms with van der Waals surface area (Å²) in [5.74, 6) is 2.30. The van der Waals surface area contributed by atoms with E-state index in [1.165, 1.54) is 0 Å². The number of nitrogens with one attached hydrogen (secondary N) is 1. The minimum absolute atomic E-state index is 0. The van der Waals surface area contributed by atoms with E-state index in [0.717, 1.165) is 34.9 Å². The van der Waals surface area contributed by atoms with E-state index < -0.39 is 0 Å². The number of amides is 1. The van der Waals surface area contributed by atoms with Crippen molar-refractivity contribution in [3.8, 4) is 17.4 Å². The fourth-order valence-corrected chi connectivity index (χ4v) is 4.05. The lowest BCUT2D eigenvalue weighted by atomic mass is 10.1. The molecule has 2 aliphatic rings. The Bertz CT molecular complexity index is 1090. The molecule has 5 rings (SSSR count). The molecule has 168 valence electrons. The highest BCUT2D eigenvalue weighted by atomic mass is 35.5. The van der Waals surface area contributed by atoms with Crippen LogP contribution in [0.2, 0.25) is 0 Å². The largest absolute Gasteiger partial charge is 0.454 e. The summed E-state index contributed by atoms with van der Waals surface area (Å²) in [6, 6.07) is 7.86. The van der Waals surface area contributed by atoms with Crippen LogP contribution in [0.4, 0.5) is 0 Å². The van der Waals surface area contributed by atoms with Crippen molar-refractivity contribution in [1.82, 2.24) is 29.7 Å². The number of carbonyl (C=O) groups excluding carboxylic acids is 1. The van der Waals surface area contributed by atoms with Crippen molar-refractivity contribution < 1.29 is 14.3 Å². The Hall–Kier alpha value is -3.17. The standard InChI is InChI=1S/C22H24N6O3.ClH/c1-15-10-17(26-22(25-15)27-8-6-24-13-27)18-3-5-21(29)28(18)9-7-23-12-16-2-4-19-20(11-16)31-14-30-19;/h2,4,6,8,10-11,13,18,23H,3,5,7,9,12,14H2,1H3;1H. The van der Waals surface area contributed by atoms with E-state index in [0.29, 0.717) is 32.0 Å². The number of aromatic nitrogens is 4. The van der Waals surface area contributed by atoms with Crippen molar-refractivity contribution in [3.05, 3.63) is 59.9 Å². The second kappa shape index (κ2) is 9.54. The predicted molar refractivity (Wildman–Crippen MR) is 119 cm³/mol. The van der Waals surface area contributed by atoms with Crippen LogP contribution in [0.3, 0.4) is 0 Å². The first kappa shape index (κ1) is 22.0. The van der Waals surface area contributed by atoms with Crippen molar-refractivity contribution >= 4 is 18.3 Å². The van der Waals surface area contributed by atoms with Crippen molar-refractivity contribution in [3.63, 3.8) is 0 Å². The van der Waals surface area contributed by atoms with Gasteiger partial charge in [-0.05, 0) is 37.1 Å². The Labute approximate surface area is 192 Å². The highest BCUT2D eigenvalue weighted by Gasteiger charge is 2.33. The third kappa shape index (κ3) is 4.53. The topological polar surface area (TPSA) is 94.4 Å². The Morgan fingerprint density at radius 2 is 2.06 bits per heavy atom. The van der Waals surface area contributed by atoms with Gasteiger partial charge in [0.25, 0.3) is 0 Å². The molecule has 1 fully saturated rings. The number of carbonyl (C=O) groups is 1. The fraction of sp³-hybridized carbons (Fsp3) is 0.364. The summed E-state index contributed by atoms with van der Waals surface area (Å²) in [5, 5.41) is 3.42. The zero-order valence-corrected chi connectivity index (χ0v) is 18.5. The number of hydrogen-bond acceptors (Lipinski definition) is 7. The van der Waals surface area contributed by atoms with Crippen LogP contribution in [-0.4, -0.2) is 50.2 Å². The molecule has 0 spiro atoms. The molecule has 1 aromatic carbocycles. The molecule has 0 radical (unpaired) electrons. The number of fused-ring (bicyclic) bond motifs is 1. The van der Waals surface area contributed by atoms with Gasteiger partial charge < -0.3 is 19.7 Å². The maximum absolute atomic E-state index is 12.6. The highest BCUT2D eigenvalue weighted by molar-refractivity contribution is 5.85. The zero-order valence-electron chi connectivity index (χ0n) is 17.7. The SMILES string of the molecule is Cc1cc(C2CCC(=O)N2CCNCc2ccc3c(c2)OCO3)nc(-n2ccnc2)n1.Cl. The Morgan fingerprint density at radius 1 is 1.19 bits per heavy atom. The van der Waals surface area contributed by atoms with Crippen LogP contribution in [-0.2, 0) is 11.3 Å². The molecule has 4 heterocycles. The first-order valence-corrected chi connectivity index (χ1v) is 10.4. The quantitative estimate of drug-likeness (QED) is 0.546. The molecule has 1 atom stereocenters. The summed E-state index contributed by atoms with van der Waals surface area (Å²) in [6.45, 7) is 4.22. The maximum Gasteiger partial charge on any atom is 0.235 e. The molecule has 3 aromatic rings. The minimum atomic E-state index is -0.0381. The van der Waals surface area contributed by atoms with E-state index in [1.54, 1.807) is 17.1 Å². The molecule has 0 aliphatic carbocycles. The molecule has 2 aromatic heterocycles. The van der Waals surface area contributed by atoms with E-state index in [1.807, 2.05) is 42.3 Å². The third-order valence-corrected chi connectivity index (χ3v) is 5.56. The summed E-state index contributed by atoms with van der Waals surface area (Å²) in [6.07, 6.45) is 6.49. The molecule has 1 unspecified atom stereocenters. The van der Waals surface area contributed by atoms with Crippen molar-refractivity contribution in [1.29, 1.82) is 0 Å². The van der Waals surface area contributed by atoms with Gasteiger partial charge in [0.2, 0.25) is 18.6 Å². The van der Waals surface area contributed by atoms with E-state index in [2.05, 4.69) is 15.3 Å².